The maximum Gasteiger partial charge on any atom is 0.229 e. The number of benzene rings is 2. The molecule has 1 aliphatic rings. The number of phenols is 2. The van der Waals surface area contributed by atoms with Crippen LogP contribution in [0.3, 0.4) is 0 Å². The van der Waals surface area contributed by atoms with Crippen molar-refractivity contribution in [1.82, 2.24) is 0 Å². The van der Waals surface area contributed by atoms with Crippen molar-refractivity contribution in [2.75, 3.05) is 13.7 Å². The summed E-state index contributed by atoms with van der Waals surface area (Å²) < 4.78 is 16.1. The molecule has 5 atom stereocenters. The monoisotopic (exact) mass is 448 g/mol. The van der Waals surface area contributed by atoms with E-state index < -0.39 is 43.1 Å². The Bertz CT molecular complexity index is 987. The number of hydrogen-bond donors (Lipinski definition) is 6. The molecule has 0 amide bonds. The van der Waals surface area contributed by atoms with Gasteiger partial charge in [-0.05, 0) is 36.4 Å². The van der Waals surface area contributed by atoms with Gasteiger partial charge in [-0.3, -0.25) is 4.79 Å². The summed E-state index contributed by atoms with van der Waals surface area (Å²) in [6.45, 7) is -0.631. The van der Waals surface area contributed by atoms with Crippen molar-refractivity contribution in [1.29, 1.82) is 0 Å². The van der Waals surface area contributed by atoms with Gasteiger partial charge in [0.15, 0.2) is 5.78 Å². The molecule has 0 aliphatic carbocycles. The molecule has 0 unspecified atom stereocenters. The van der Waals surface area contributed by atoms with Gasteiger partial charge in [-0.1, -0.05) is 0 Å². The topological polar surface area (TPSA) is 166 Å². The van der Waals surface area contributed by atoms with E-state index in [-0.39, 0.29) is 22.8 Å². The number of allylic oxidation sites excluding steroid dienone is 1. The van der Waals surface area contributed by atoms with E-state index in [1.54, 1.807) is 0 Å². The summed E-state index contributed by atoms with van der Waals surface area (Å²) in [5.41, 5.74) is 0.346. The van der Waals surface area contributed by atoms with Gasteiger partial charge in [-0.15, -0.1) is 0 Å². The van der Waals surface area contributed by atoms with Crippen LogP contribution in [0.2, 0.25) is 0 Å². The Kier molecular flexibility index (Phi) is 7.33. The van der Waals surface area contributed by atoms with Crippen LogP contribution < -0.4 is 9.47 Å². The SMILES string of the molecule is COc1ccc(C(=O)/C=C/c2ccc(O)cc2O)c(O[C@@H]2O[C@H](CO)[C@@H](O)[C@H](O)[C@H]2O)c1. The van der Waals surface area contributed by atoms with Crippen LogP contribution in [0.4, 0.5) is 0 Å². The van der Waals surface area contributed by atoms with Crippen molar-refractivity contribution >= 4 is 11.9 Å². The fraction of sp³-hybridized carbons (Fsp3) is 0.318. The van der Waals surface area contributed by atoms with Gasteiger partial charge >= 0.3 is 0 Å². The Morgan fingerprint density at radius 2 is 1.81 bits per heavy atom. The Labute approximate surface area is 183 Å². The van der Waals surface area contributed by atoms with Crippen molar-refractivity contribution in [3.05, 3.63) is 53.6 Å². The Morgan fingerprint density at radius 3 is 2.47 bits per heavy atom. The van der Waals surface area contributed by atoms with E-state index in [0.29, 0.717) is 11.3 Å². The van der Waals surface area contributed by atoms with Crippen LogP contribution in [-0.2, 0) is 4.74 Å². The van der Waals surface area contributed by atoms with Gasteiger partial charge in [-0.2, -0.15) is 0 Å². The third-order valence-corrected chi connectivity index (χ3v) is 4.97. The van der Waals surface area contributed by atoms with Crippen LogP contribution >= 0.6 is 0 Å². The molecular weight excluding hydrogens is 424 g/mol. The van der Waals surface area contributed by atoms with Gasteiger partial charge in [0.1, 0.15) is 47.4 Å². The molecule has 0 radical (unpaired) electrons. The van der Waals surface area contributed by atoms with E-state index in [1.807, 2.05) is 0 Å². The fourth-order valence-electron chi connectivity index (χ4n) is 3.15. The normalized spacial score (nSPS) is 25.6. The maximum absolute atomic E-state index is 12.8. The Hall–Kier alpha value is -3.15. The molecule has 0 bridgehead atoms. The summed E-state index contributed by atoms with van der Waals surface area (Å²) in [6.07, 6.45) is -5.01. The predicted molar refractivity (Wildman–Crippen MR) is 111 cm³/mol. The number of phenolic OH excluding ortho intramolecular Hbond substituents is 2. The highest BCUT2D eigenvalue weighted by Crippen LogP contribution is 2.31. The van der Waals surface area contributed by atoms with E-state index in [2.05, 4.69) is 0 Å². The van der Waals surface area contributed by atoms with E-state index in [1.165, 1.54) is 49.6 Å². The lowest BCUT2D eigenvalue weighted by molar-refractivity contribution is -0.277. The molecule has 1 heterocycles. The molecule has 0 saturated carbocycles. The molecule has 10 nitrogen and oxygen atoms in total. The summed E-state index contributed by atoms with van der Waals surface area (Å²) in [5, 5.41) is 58.7. The summed E-state index contributed by atoms with van der Waals surface area (Å²) in [6, 6.07) is 8.21. The zero-order valence-corrected chi connectivity index (χ0v) is 17.0. The van der Waals surface area contributed by atoms with E-state index >= 15 is 0 Å². The molecule has 3 rings (SSSR count). The van der Waals surface area contributed by atoms with E-state index in [4.69, 9.17) is 14.2 Å². The molecule has 1 saturated heterocycles. The third-order valence-electron chi connectivity index (χ3n) is 4.97. The standard InChI is InChI=1S/C22H24O10/c1-30-13-5-6-14(15(25)7-3-11-2-4-12(24)8-16(11)26)17(9-13)31-22-21(29)20(28)19(27)18(10-23)32-22/h2-9,18-24,26-29H,10H2,1H3/b7-3+/t18-,19-,20+,21-,22-/m1/s1. The number of carbonyl (C=O) groups excluding carboxylic acids is 1. The van der Waals surface area contributed by atoms with Gasteiger partial charge < -0.3 is 44.8 Å². The first-order valence-corrected chi connectivity index (χ1v) is 9.64. The number of aliphatic hydroxyl groups excluding tert-OH is 4. The number of ketones is 1. The third kappa shape index (κ3) is 5.01. The highest BCUT2D eigenvalue weighted by molar-refractivity contribution is 6.08. The quantitative estimate of drug-likeness (QED) is 0.254. The van der Waals surface area contributed by atoms with E-state index in [9.17, 15) is 35.4 Å². The number of methoxy groups -OCH3 is 1. The number of ether oxygens (including phenoxy) is 3. The van der Waals surface area contributed by atoms with Crippen molar-refractivity contribution in [3.8, 4) is 23.0 Å². The summed E-state index contributed by atoms with van der Waals surface area (Å²) in [4.78, 5) is 12.8. The molecule has 1 fully saturated rings. The van der Waals surface area contributed by atoms with E-state index in [0.717, 1.165) is 6.07 Å². The molecule has 0 spiro atoms. The largest absolute Gasteiger partial charge is 0.508 e. The van der Waals surface area contributed by atoms with Crippen LogP contribution in [0.15, 0.2) is 42.5 Å². The van der Waals surface area contributed by atoms with Crippen LogP contribution in [-0.4, -0.2) is 80.8 Å². The average molecular weight is 448 g/mol. The molecule has 1 aliphatic heterocycles. The molecule has 0 aromatic heterocycles. The Balaban J connectivity index is 1.88. The van der Waals surface area contributed by atoms with Crippen molar-refractivity contribution in [3.63, 3.8) is 0 Å². The van der Waals surface area contributed by atoms with Crippen molar-refractivity contribution in [2.45, 2.75) is 30.7 Å². The van der Waals surface area contributed by atoms with Gasteiger partial charge in [0.25, 0.3) is 0 Å². The highest BCUT2D eigenvalue weighted by Gasteiger charge is 2.45. The predicted octanol–water partition coefficient (Wildman–Crippen LogP) is 0.181. The molecule has 6 N–H and O–H groups in total. The minimum Gasteiger partial charge on any atom is -0.508 e. The van der Waals surface area contributed by atoms with Crippen LogP contribution in [0.1, 0.15) is 15.9 Å². The number of hydrogen-bond acceptors (Lipinski definition) is 10. The van der Waals surface area contributed by atoms with Gasteiger partial charge in [0, 0.05) is 17.7 Å². The highest BCUT2D eigenvalue weighted by atomic mass is 16.7. The summed E-state index contributed by atoms with van der Waals surface area (Å²) in [7, 11) is 1.40. The maximum atomic E-state index is 12.8. The first-order chi connectivity index (χ1) is 15.2. The number of rotatable bonds is 7. The lowest BCUT2D eigenvalue weighted by atomic mass is 9.99. The minimum atomic E-state index is -1.66. The number of carbonyl (C=O) groups is 1. The van der Waals surface area contributed by atoms with Gasteiger partial charge in [0.05, 0.1) is 19.3 Å². The zero-order chi connectivity index (χ0) is 23.4. The van der Waals surface area contributed by atoms with Gasteiger partial charge in [-0.25, -0.2) is 0 Å². The number of aliphatic hydroxyl groups is 4. The lowest BCUT2D eigenvalue weighted by Crippen LogP contribution is -2.60. The first kappa shape index (κ1) is 23.5. The van der Waals surface area contributed by atoms with Crippen molar-refractivity contribution in [2.24, 2.45) is 0 Å². The average Bonchev–Trinajstić information content (AvgIpc) is 2.78. The fourth-order valence-corrected chi connectivity index (χ4v) is 3.15. The zero-order valence-electron chi connectivity index (χ0n) is 17.0. The van der Waals surface area contributed by atoms with Crippen LogP contribution in [0.25, 0.3) is 6.08 Å². The van der Waals surface area contributed by atoms with Crippen LogP contribution in [0.5, 0.6) is 23.0 Å². The molecule has 32 heavy (non-hydrogen) atoms. The smallest absolute Gasteiger partial charge is 0.229 e. The minimum absolute atomic E-state index is 0.0433. The molecule has 10 heteroatoms. The number of aromatic hydroxyl groups is 2. The summed E-state index contributed by atoms with van der Waals surface area (Å²) in [5.74, 6) is -0.586. The molecular formula is C22H24O10. The van der Waals surface area contributed by atoms with Crippen molar-refractivity contribution < 1.29 is 49.6 Å². The second-order valence-corrected chi connectivity index (χ2v) is 7.12. The second kappa shape index (κ2) is 9.98. The first-order valence-electron chi connectivity index (χ1n) is 9.64. The molecule has 2 aromatic carbocycles. The van der Waals surface area contributed by atoms with Gasteiger partial charge in [0.2, 0.25) is 6.29 Å². The molecule has 172 valence electrons. The second-order valence-electron chi connectivity index (χ2n) is 7.12. The molecule has 2 aromatic rings. The lowest BCUT2D eigenvalue weighted by Gasteiger charge is -2.39. The Morgan fingerprint density at radius 1 is 1.06 bits per heavy atom. The summed E-state index contributed by atoms with van der Waals surface area (Å²) >= 11 is 0. The van der Waals surface area contributed by atoms with Crippen LogP contribution in [0, 0.1) is 0 Å².